The molecule has 10 heteroatoms. The van der Waals surface area contributed by atoms with Gasteiger partial charge in [-0.05, 0) is 96.1 Å². The largest absolute Gasteiger partial charge is 0.341 e. The molecule has 73 heavy (non-hydrogen) atoms. The van der Waals surface area contributed by atoms with Crippen LogP contribution in [0.2, 0.25) is 0 Å². The minimum Gasteiger partial charge on any atom is -0.341 e. The van der Waals surface area contributed by atoms with Gasteiger partial charge in [-0.3, -0.25) is 0 Å². The van der Waals surface area contributed by atoms with Gasteiger partial charge in [0.2, 0.25) is 0 Å². The van der Waals surface area contributed by atoms with Crippen molar-refractivity contribution in [2.45, 2.75) is 0 Å². The van der Waals surface area contributed by atoms with E-state index >= 15 is 0 Å². The van der Waals surface area contributed by atoms with Crippen molar-refractivity contribution in [2.75, 3.05) is 16.8 Å². The molecule has 0 amide bonds. The van der Waals surface area contributed by atoms with Crippen LogP contribution in [0.1, 0.15) is 0 Å². The molecule has 13 aromatic rings. The maximum absolute atomic E-state index is 5.67. The zero-order chi connectivity index (χ0) is 49.1. The van der Waals surface area contributed by atoms with Crippen molar-refractivity contribution in [1.82, 2.24) is 38.2 Å². The quantitative estimate of drug-likeness (QED) is 0.158. The molecule has 0 radical (unpaired) electrons. The highest BCUT2D eigenvalue weighted by Crippen LogP contribution is 2.57. The number of aromatic nitrogens is 8. The molecule has 350 valence electrons. The van der Waals surface area contributed by atoms with Crippen molar-refractivity contribution < 1.29 is 0 Å². The first-order chi connectivity index (χ1) is 35.8. The fraction of sp³-hybridized carbons (Fsp3) is 0.0794. The standard InChI is InChI=1S/C63H48N10/c1-68-50-34-17-19-36-52(50)73(53-37-20-18-35-51(53)68)41-25-21-24-40(38-41)55-54(39-22-7-6-8-23-39)56(60-64-42-26-9-13-30-46(42)69(60)2)58(62-66-44-28-11-15-32-48(44)71(62)4)59(63-67-45-29-12-16-33-49(45)72(63)5)57(55)61-65-43-27-10-14-31-47(43)70(61)3/h6-38H,1-5H3. The van der Waals surface area contributed by atoms with E-state index in [1.165, 1.54) is 0 Å². The molecule has 9 aromatic carbocycles. The molecule has 0 aliphatic carbocycles. The lowest BCUT2D eigenvalue weighted by molar-refractivity contribution is 0.936. The van der Waals surface area contributed by atoms with Gasteiger partial charge in [0.1, 0.15) is 23.3 Å². The SMILES string of the molecule is CN1c2ccccc2N(c2cccc(-c3c(-c4ccccc4)c(-c4nc5ccccc5n4C)c(-c4nc5ccccc5n4C)c(-c4nc5ccccc5n4C)c3-c3nc4ccccc4n3C)c2)c2ccccc21. The van der Waals surface area contributed by atoms with E-state index in [1.807, 2.05) is 0 Å². The molecular weight excluding hydrogens is 897 g/mol. The van der Waals surface area contributed by atoms with E-state index < -0.39 is 0 Å². The number of fused-ring (bicyclic) bond motifs is 6. The molecule has 4 aromatic heterocycles. The summed E-state index contributed by atoms with van der Waals surface area (Å²) in [6.45, 7) is 0. The van der Waals surface area contributed by atoms with Gasteiger partial charge in [0.25, 0.3) is 0 Å². The van der Waals surface area contributed by atoms with Crippen LogP contribution in [0.15, 0.2) is 200 Å². The van der Waals surface area contributed by atoms with Gasteiger partial charge in [0.05, 0.1) is 66.9 Å². The second kappa shape index (κ2) is 16.3. The average Bonchev–Trinajstić information content (AvgIpc) is 4.17. The molecule has 1 aliphatic heterocycles. The van der Waals surface area contributed by atoms with E-state index in [-0.39, 0.29) is 0 Å². The molecule has 1 aliphatic rings. The van der Waals surface area contributed by atoms with E-state index in [9.17, 15) is 0 Å². The fourth-order valence-electron chi connectivity index (χ4n) is 11.5. The molecule has 0 N–H and O–H groups in total. The lowest BCUT2D eigenvalue weighted by atomic mass is 9.79. The highest BCUT2D eigenvalue weighted by atomic mass is 15.3. The van der Waals surface area contributed by atoms with Gasteiger partial charge in [-0.15, -0.1) is 0 Å². The number of hydrogen-bond donors (Lipinski definition) is 0. The number of rotatable bonds is 7. The number of aryl methyl sites for hydroxylation is 4. The number of anilines is 5. The van der Waals surface area contributed by atoms with Gasteiger partial charge in [0, 0.05) is 74.3 Å². The summed E-state index contributed by atoms with van der Waals surface area (Å²) in [5.41, 5.74) is 20.8. The lowest BCUT2D eigenvalue weighted by Gasteiger charge is -2.38. The Morgan fingerprint density at radius 2 is 0.589 bits per heavy atom. The molecule has 10 nitrogen and oxygen atoms in total. The summed E-state index contributed by atoms with van der Waals surface area (Å²) < 4.78 is 8.97. The Morgan fingerprint density at radius 1 is 0.274 bits per heavy atom. The Balaban J connectivity index is 1.24. The van der Waals surface area contributed by atoms with E-state index in [0.717, 1.165) is 140 Å². The van der Waals surface area contributed by atoms with Crippen molar-refractivity contribution in [2.24, 2.45) is 28.2 Å². The zero-order valence-corrected chi connectivity index (χ0v) is 41.0. The minimum atomic E-state index is 0.782. The Kier molecular flexibility index (Phi) is 9.43. The predicted octanol–water partition coefficient (Wildman–Crippen LogP) is 14.8. The van der Waals surface area contributed by atoms with Crippen LogP contribution in [-0.2, 0) is 28.2 Å². The fourth-order valence-corrected chi connectivity index (χ4v) is 11.5. The number of imidazole rings is 4. The first-order valence-electron chi connectivity index (χ1n) is 24.6. The minimum absolute atomic E-state index is 0.782. The van der Waals surface area contributed by atoms with Crippen molar-refractivity contribution in [3.05, 3.63) is 200 Å². The molecule has 0 fully saturated rings. The van der Waals surface area contributed by atoms with Crippen LogP contribution in [0.3, 0.4) is 0 Å². The number of nitrogens with zero attached hydrogens (tertiary/aromatic N) is 10. The molecule has 0 atom stereocenters. The maximum atomic E-state index is 5.67. The summed E-state index contributed by atoms with van der Waals surface area (Å²) in [7, 11) is 10.7. The van der Waals surface area contributed by atoms with Crippen LogP contribution >= 0.6 is 0 Å². The summed E-state index contributed by atoms with van der Waals surface area (Å²) in [4.78, 5) is 27.3. The third-order valence-electron chi connectivity index (χ3n) is 15.0. The summed E-state index contributed by atoms with van der Waals surface area (Å²) in [6.07, 6.45) is 0. The summed E-state index contributed by atoms with van der Waals surface area (Å²) >= 11 is 0. The number of hydrogen-bond acceptors (Lipinski definition) is 6. The second-order valence-electron chi connectivity index (χ2n) is 19.0. The summed E-state index contributed by atoms with van der Waals surface area (Å²) in [5, 5.41) is 0. The van der Waals surface area contributed by atoms with Gasteiger partial charge in [-0.25, -0.2) is 19.9 Å². The van der Waals surface area contributed by atoms with Crippen LogP contribution < -0.4 is 9.80 Å². The zero-order valence-electron chi connectivity index (χ0n) is 41.0. The molecule has 0 spiro atoms. The van der Waals surface area contributed by atoms with Crippen LogP contribution in [0, 0.1) is 0 Å². The number of para-hydroxylation sites is 12. The Morgan fingerprint density at radius 3 is 0.986 bits per heavy atom. The third kappa shape index (κ3) is 6.29. The summed E-state index contributed by atoms with van der Waals surface area (Å²) in [6, 6.07) is 70.8. The van der Waals surface area contributed by atoms with Crippen molar-refractivity contribution >= 4 is 72.6 Å². The topological polar surface area (TPSA) is 77.8 Å². The van der Waals surface area contributed by atoms with Crippen LogP contribution in [0.25, 0.3) is 112 Å². The highest BCUT2D eigenvalue weighted by molar-refractivity contribution is 6.15. The van der Waals surface area contributed by atoms with E-state index in [4.69, 9.17) is 19.9 Å². The molecular formula is C63H48N10. The Labute approximate surface area is 422 Å². The molecule has 5 heterocycles. The van der Waals surface area contributed by atoms with Crippen LogP contribution in [0.4, 0.5) is 28.4 Å². The normalized spacial score (nSPS) is 12.4. The van der Waals surface area contributed by atoms with E-state index in [0.29, 0.717) is 0 Å². The smallest absolute Gasteiger partial charge is 0.142 e. The van der Waals surface area contributed by atoms with E-state index in [2.05, 4.69) is 263 Å². The maximum Gasteiger partial charge on any atom is 0.142 e. The summed E-state index contributed by atoms with van der Waals surface area (Å²) in [5.74, 6) is 3.17. The second-order valence-corrected chi connectivity index (χ2v) is 19.0. The van der Waals surface area contributed by atoms with Gasteiger partial charge < -0.3 is 28.1 Å². The molecule has 14 rings (SSSR count). The van der Waals surface area contributed by atoms with Gasteiger partial charge in [0.15, 0.2) is 0 Å². The molecule has 0 saturated carbocycles. The van der Waals surface area contributed by atoms with Crippen LogP contribution in [-0.4, -0.2) is 45.3 Å². The number of benzene rings is 9. The van der Waals surface area contributed by atoms with Crippen molar-refractivity contribution in [3.8, 4) is 67.8 Å². The first-order valence-corrected chi connectivity index (χ1v) is 24.6. The average molecular weight is 945 g/mol. The first kappa shape index (κ1) is 42.3. The Hall–Kier alpha value is -9.54. The van der Waals surface area contributed by atoms with Gasteiger partial charge in [-0.1, -0.05) is 115 Å². The lowest BCUT2D eigenvalue weighted by Crippen LogP contribution is -2.23. The van der Waals surface area contributed by atoms with Crippen LogP contribution in [0.5, 0.6) is 0 Å². The monoisotopic (exact) mass is 944 g/mol. The highest BCUT2D eigenvalue weighted by Gasteiger charge is 2.37. The van der Waals surface area contributed by atoms with Gasteiger partial charge in [-0.2, -0.15) is 0 Å². The Bertz CT molecular complexity index is 4310. The molecule has 0 bridgehead atoms. The predicted molar refractivity (Wildman–Crippen MR) is 299 cm³/mol. The van der Waals surface area contributed by atoms with E-state index in [1.54, 1.807) is 0 Å². The van der Waals surface area contributed by atoms with Gasteiger partial charge >= 0.3 is 0 Å². The van der Waals surface area contributed by atoms with Crippen molar-refractivity contribution in [3.63, 3.8) is 0 Å². The molecule has 0 saturated heterocycles. The molecule has 0 unspecified atom stereocenters. The van der Waals surface area contributed by atoms with Crippen molar-refractivity contribution in [1.29, 1.82) is 0 Å². The third-order valence-corrected chi connectivity index (χ3v) is 15.0.